The van der Waals surface area contributed by atoms with Crippen molar-refractivity contribution in [2.75, 3.05) is 31.1 Å². The molecule has 2 rings (SSSR count). The molecule has 1 aliphatic heterocycles. The summed E-state index contributed by atoms with van der Waals surface area (Å²) in [4.78, 5) is 15.8. The van der Waals surface area contributed by atoms with Crippen molar-refractivity contribution in [2.45, 2.75) is 26.3 Å². The fourth-order valence-corrected chi connectivity index (χ4v) is 2.86. The SMILES string of the molecule is CC(C)(C)N1CCN(c2c(Cl)cccc2C=O)CC1. The zero-order valence-corrected chi connectivity index (χ0v) is 12.6. The van der Waals surface area contributed by atoms with Gasteiger partial charge in [-0.3, -0.25) is 9.69 Å². The van der Waals surface area contributed by atoms with Crippen LogP contribution in [-0.2, 0) is 0 Å². The third kappa shape index (κ3) is 3.10. The number of halogens is 1. The van der Waals surface area contributed by atoms with E-state index >= 15 is 0 Å². The summed E-state index contributed by atoms with van der Waals surface area (Å²) in [5, 5.41) is 0.661. The number of anilines is 1. The normalized spacial score (nSPS) is 17.6. The van der Waals surface area contributed by atoms with Gasteiger partial charge in [0.15, 0.2) is 6.29 Å². The second kappa shape index (κ2) is 5.51. The number of para-hydroxylation sites is 1. The Balaban J connectivity index is 2.16. The van der Waals surface area contributed by atoms with E-state index in [0.717, 1.165) is 38.2 Å². The second-order valence-electron chi connectivity index (χ2n) is 5.94. The number of hydrogen-bond acceptors (Lipinski definition) is 3. The summed E-state index contributed by atoms with van der Waals surface area (Å²) in [5.74, 6) is 0. The molecule has 104 valence electrons. The van der Waals surface area contributed by atoms with E-state index < -0.39 is 0 Å². The molecule has 0 N–H and O–H groups in total. The third-order valence-electron chi connectivity index (χ3n) is 3.69. The van der Waals surface area contributed by atoms with Gasteiger partial charge in [0, 0.05) is 37.3 Å². The van der Waals surface area contributed by atoms with Crippen molar-refractivity contribution in [3.63, 3.8) is 0 Å². The molecule has 0 aromatic heterocycles. The number of piperazine rings is 1. The van der Waals surface area contributed by atoms with E-state index in [2.05, 4.69) is 30.6 Å². The largest absolute Gasteiger partial charge is 0.367 e. The number of hydrogen-bond donors (Lipinski definition) is 0. The Morgan fingerprint density at radius 1 is 1.16 bits per heavy atom. The summed E-state index contributed by atoms with van der Waals surface area (Å²) in [7, 11) is 0. The fourth-order valence-electron chi connectivity index (χ4n) is 2.56. The molecule has 0 spiro atoms. The molecule has 1 heterocycles. The molecule has 19 heavy (non-hydrogen) atoms. The van der Waals surface area contributed by atoms with E-state index in [0.29, 0.717) is 10.6 Å². The van der Waals surface area contributed by atoms with Gasteiger partial charge in [-0.25, -0.2) is 0 Å². The van der Waals surface area contributed by atoms with Crippen molar-refractivity contribution < 1.29 is 4.79 Å². The summed E-state index contributed by atoms with van der Waals surface area (Å²) in [6.07, 6.45) is 0.886. The Kier molecular flexibility index (Phi) is 4.16. The van der Waals surface area contributed by atoms with Gasteiger partial charge >= 0.3 is 0 Å². The van der Waals surface area contributed by atoms with Gasteiger partial charge in [0.2, 0.25) is 0 Å². The highest BCUT2D eigenvalue weighted by Gasteiger charge is 2.27. The lowest BCUT2D eigenvalue weighted by atomic mass is 10.0. The number of rotatable bonds is 2. The average molecular weight is 281 g/mol. The Bertz CT molecular complexity index is 460. The van der Waals surface area contributed by atoms with Gasteiger partial charge in [0.25, 0.3) is 0 Å². The molecule has 3 nitrogen and oxygen atoms in total. The Labute approximate surface area is 120 Å². The molecule has 0 atom stereocenters. The van der Waals surface area contributed by atoms with E-state index in [9.17, 15) is 4.79 Å². The maximum Gasteiger partial charge on any atom is 0.152 e. The van der Waals surface area contributed by atoms with Crippen LogP contribution in [0.4, 0.5) is 5.69 Å². The van der Waals surface area contributed by atoms with Gasteiger partial charge in [0.05, 0.1) is 10.7 Å². The van der Waals surface area contributed by atoms with Gasteiger partial charge < -0.3 is 4.90 Å². The minimum Gasteiger partial charge on any atom is -0.367 e. The van der Waals surface area contributed by atoms with Crippen molar-refractivity contribution in [1.29, 1.82) is 0 Å². The average Bonchev–Trinajstić information content (AvgIpc) is 2.37. The Morgan fingerprint density at radius 2 is 1.79 bits per heavy atom. The number of benzene rings is 1. The van der Waals surface area contributed by atoms with Crippen LogP contribution in [0.1, 0.15) is 31.1 Å². The Morgan fingerprint density at radius 3 is 2.32 bits per heavy atom. The molecule has 1 saturated heterocycles. The minimum absolute atomic E-state index is 0.195. The second-order valence-corrected chi connectivity index (χ2v) is 6.35. The van der Waals surface area contributed by atoms with Crippen LogP contribution in [0.15, 0.2) is 18.2 Å². The van der Waals surface area contributed by atoms with E-state index in [1.807, 2.05) is 18.2 Å². The fraction of sp³-hybridized carbons (Fsp3) is 0.533. The molecule has 1 aromatic rings. The maximum absolute atomic E-state index is 11.2. The monoisotopic (exact) mass is 280 g/mol. The molecular formula is C15H21ClN2O. The highest BCUT2D eigenvalue weighted by atomic mass is 35.5. The van der Waals surface area contributed by atoms with E-state index in [1.54, 1.807) is 0 Å². The first kappa shape index (κ1) is 14.4. The predicted molar refractivity (Wildman–Crippen MR) is 80.4 cm³/mol. The molecule has 0 unspecified atom stereocenters. The van der Waals surface area contributed by atoms with Crippen LogP contribution >= 0.6 is 11.6 Å². The first-order chi connectivity index (χ1) is 8.93. The number of nitrogens with zero attached hydrogens (tertiary/aromatic N) is 2. The van der Waals surface area contributed by atoms with Gasteiger partial charge in [0.1, 0.15) is 0 Å². The van der Waals surface area contributed by atoms with Crippen molar-refractivity contribution in [1.82, 2.24) is 4.90 Å². The first-order valence-corrected chi connectivity index (χ1v) is 7.05. The van der Waals surface area contributed by atoms with Crippen molar-refractivity contribution in [3.05, 3.63) is 28.8 Å². The molecule has 0 amide bonds. The summed E-state index contributed by atoms with van der Waals surface area (Å²) >= 11 is 6.25. The minimum atomic E-state index is 0.195. The lowest BCUT2D eigenvalue weighted by Gasteiger charge is -2.43. The van der Waals surface area contributed by atoms with E-state index in [4.69, 9.17) is 11.6 Å². The summed E-state index contributed by atoms with van der Waals surface area (Å²) < 4.78 is 0. The predicted octanol–water partition coefficient (Wildman–Crippen LogP) is 3.07. The van der Waals surface area contributed by atoms with Crippen molar-refractivity contribution in [2.24, 2.45) is 0 Å². The lowest BCUT2D eigenvalue weighted by Crippen LogP contribution is -2.53. The van der Waals surface area contributed by atoms with Crippen LogP contribution in [0.5, 0.6) is 0 Å². The maximum atomic E-state index is 11.2. The molecular weight excluding hydrogens is 260 g/mol. The van der Waals surface area contributed by atoms with Gasteiger partial charge in [-0.1, -0.05) is 17.7 Å². The highest BCUT2D eigenvalue weighted by Crippen LogP contribution is 2.30. The molecule has 1 aliphatic rings. The van der Waals surface area contributed by atoms with Gasteiger partial charge in [-0.2, -0.15) is 0 Å². The molecule has 0 radical (unpaired) electrons. The molecule has 0 aliphatic carbocycles. The topological polar surface area (TPSA) is 23.6 Å². The molecule has 4 heteroatoms. The molecule has 0 saturated carbocycles. The third-order valence-corrected chi connectivity index (χ3v) is 3.99. The molecule has 1 fully saturated rings. The van der Waals surface area contributed by atoms with Crippen LogP contribution < -0.4 is 4.90 Å². The highest BCUT2D eigenvalue weighted by molar-refractivity contribution is 6.33. The molecule has 1 aromatic carbocycles. The summed E-state index contributed by atoms with van der Waals surface area (Å²) in [5.41, 5.74) is 1.75. The lowest BCUT2D eigenvalue weighted by molar-refractivity contribution is 0.112. The summed E-state index contributed by atoms with van der Waals surface area (Å²) in [6, 6.07) is 5.49. The quantitative estimate of drug-likeness (QED) is 0.778. The number of aldehydes is 1. The van der Waals surface area contributed by atoms with Crippen LogP contribution in [0.25, 0.3) is 0 Å². The van der Waals surface area contributed by atoms with Crippen LogP contribution in [0.3, 0.4) is 0 Å². The Hall–Kier alpha value is -1.06. The summed E-state index contributed by atoms with van der Waals surface area (Å²) in [6.45, 7) is 10.5. The zero-order valence-electron chi connectivity index (χ0n) is 11.8. The van der Waals surface area contributed by atoms with Gasteiger partial charge in [-0.15, -0.1) is 0 Å². The van der Waals surface area contributed by atoms with Crippen LogP contribution in [0.2, 0.25) is 5.02 Å². The van der Waals surface area contributed by atoms with Crippen molar-refractivity contribution >= 4 is 23.6 Å². The smallest absolute Gasteiger partial charge is 0.152 e. The van der Waals surface area contributed by atoms with E-state index in [1.165, 1.54) is 0 Å². The number of carbonyl (C=O) groups excluding carboxylic acids is 1. The molecule has 0 bridgehead atoms. The van der Waals surface area contributed by atoms with E-state index in [-0.39, 0.29) is 5.54 Å². The first-order valence-electron chi connectivity index (χ1n) is 6.67. The van der Waals surface area contributed by atoms with Gasteiger partial charge in [-0.05, 0) is 32.9 Å². The van der Waals surface area contributed by atoms with Crippen LogP contribution in [-0.4, -0.2) is 42.9 Å². The number of carbonyl (C=O) groups is 1. The zero-order chi connectivity index (χ0) is 14.0. The van der Waals surface area contributed by atoms with Crippen molar-refractivity contribution in [3.8, 4) is 0 Å². The van der Waals surface area contributed by atoms with Crippen LogP contribution in [0, 0.1) is 0 Å². The standard InChI is InChI=1S/C15H21ClN2O/c1-15(2,3)18-9-7-17(8-10-18)14-12(11-19)5-4-6-13(14)16/h4-6,11H,7-10H2,1-3H3.